The average Bonchev–Trinajstić information content (AvgIpc) is 2.48. The van der Waals surface area contributed by atoms with E-state index in [1.807, 2.05) is 0 Å². The van der Waals surface area contributed by atoms with E-state index in [1.54, 1.807) is 12.1 Å². The molecule has 0 spiro atoms. The molecular formula is C18H29FN2O2. The SMILES string of the molecule is COc1ccc(CCC(=O)NCCN(C(C)C)C(C)C)cc1F. The zero-order chi connectivity index (χ0) is 17.4. The highest BCUT2D eigenvalue weighted by molar-refractivity contribution is 5.76. The van der Waals surface area contributed by atoms with Gasteiger partial charge in [-0.15, -0.1) is 0 Å². The molecule has 0 unspecified atom stereocenters. The van der Waals surface area contributed by atoms with Gasteiger partial charge in [0, 0.05) is 31.6 Å². The van der Waals surface area contributed by atoms with Crippen molar-refractivity contribution in [3.05, 3.63) is 29.6 Å². The van der Waals surface area contributed by atoms with Gasteiger partial charge in [0.2, 0.25) is 5.91 Å². The zero-order valence-electron chi connectivity index (χ0n) is 14.9. The monoisotopic (exact) mass is 324 g/mol. The minimum absolute atomic E-state index is 0.00584. The number of rotatable bonds is 9. The van der Waals surface area contributed by atoms with Crippen molar-refractivity contribution in [1.29, 1.82) is 0 Å². The second-order valence-electron chi connectivity index (χ2n) is 6.24. The molecule has 0 aromatic heterocycles. The van der Waals surface area contributed by atoms with E-state index in [-0.39, 0.29) is 11.7 Å². The van der Waals surface area contributed by atoms with Crippen LogP contribution in [-0.2, 0) is 11.2 Å². The maximum atomic E-state index is 13.6. The number of aryl methyl sites for hydroxylation is 1. The van der Waals surface area contributed by atoms with Crippen LogP contribution >= 0.6 is 0 Å². The van der Waals surface area contributed by atoms with Crippen molar-refractivity contribution < 1.29 is 13.9 Å². The van der Waals surface area contributed by atoms with Crippen LogP contribution in [0.3, 0.4) is 0 Å². The summed E-state index contributed by atoms with van der Waals surface area (Å²) in [4.78, 5) is 14.2. The predicted molar refractivity (Wildman–Crippen MR) is 91.3 cm³/mol. The van der Waals surface area contributed by atoms with Crippen LogP contribution < -0.4 is 10.1 Å². The summed E-state index contributed by atoms with van der Waals surface area (Å²) in [5.74, 6) is -0.177. The lowest BCUT2D eigenvalue weighted by atomic mass is 10.1. The first-order valence-corrected chi connectivity index (χ1v) is 8.20. The summed E-state index contributed by atoms with van der Waals surface area (Å²) in [7, 11) is 1.43. The fraction of sp³-hybridized carbons (Fsp3) is 0.611. The van der Waals surface area contributed by atoms with Crippen LogP contribution in [0, 0.1) is 5.82 Å². The minimum atomic E-state index is -0.394. The van der Waals surface area contributed by atoms with Gasteiger partial charge in [0.15, 0.2) is 11.6 Å². The van der Waals surface area contributed by atoms with E-state index in [1.165, 1.54) is 13.2 Å². The number of methoxy groups -OCH3 is 1. The van der Waals surface area contributed by atoms with E-state index in [2.05, 4.69) is 37.9 Å². The number of carbonyl (C=O) groups excluding carboxylic acids is 1. The lowest BCUT2D eigenvalue weighted by molar-refractivity contribution is -0.121. The van der Waals surface area contributed by atoms with E-state index in [0.717, 1.165) is 12.1 Å². The van der Waals surface area contributed by atoms with Gasteiger partial charge < -0.3 is 10.1 Å². The smallest absolute Gasteiger partial charge is 0.220 e. The van der Waals surface area contributed by atoms with Gasteiger partial charge in [0.25, 0.3) is 0 Å². The molecule has 1 amide bonds. The van der Waals surface area contributed by atoms with E-state index >= 15 is 0 Å². The molecular weight excluding hydrogens is 295 g/mol. The number of benzene rings is 1. The maximum absolute atomic E-state index is 13.6. The Hall–Kier alpha value is -1.62. The quantitative estimate of drug-likeness (QED) is 0.759. The molecule has 0 atom stereocenters. The number of halogens is 1. The Morgan fingerprint density at radius 1 is 1.26 bits per heavy atom. The van der Waals surface area contributed by atoms with Crippen LogP contribution in [0.4, 0.5) is 4.39 Å². The number of nitrogens with one attached hydrogen (secondary N) is 1. The molecule has 0 aliphatic carbocycles. The normalized spacial score (nSPS) is 11.3. The standard InChI is InChI=1S/C18H29FN2O2/c1-13(2)21(14(3)4)11-10-20-18(22)9-7-15-6-8-17(23-5)16(19)12-15/h6,8,12-14H,7,9-11H2,1-5H3,(H,20,22). The highest BCUT2D eigenvalue weighted by Gasteiger charge is 2.13. The van der Waals surface area contributed by atoms with Gasteiger partial charge in [-0.25, -0.2) is 4.39 Å². The molecule has 1 aromatic rings. The van der Waals surface area contributed by atoms with E-state index in [4.69, 9.17) is 4.74 Å². The number of amides is 1. The molecule has 0 fully saturated rings. The summed E-state index contributed by atoms with van der Waals surface area (Å²) < 4.78 is 18.5. The van der Waals surface area contributed by atoms with Crippen LogP contribution in [0.5, 0.6) is 5.75 Å². The first-order valence-electron chi connectivity index (χ1n) is 8.20. The first-order chi connectivity index (χ1) is 10.8. The van der Waals surface area contributed by atoms with E-state index in [9.17, 15) is 9.18 Å². The number of hydrogen-bond acceptors (Lipinski definition) is 3. The van der Waals surface area contributed by atoms with E-state index in [0.29, 0.717) is 31.5 Å². The Balaban J connectivity index is 2.36. The topological polar surface area (TPSA) is 41.6 Å². The second kappa shape index (κ2) is 9.50. The summed E-state index contributed by atoms with van der Waals surface area (Å²) in [5.41, 5.74) is 0.796. The van der Waals surface area contributed by atoms with Gasteiger partial charge in [-0.1, -0.05) is 6.07 Å². The molecule has 0 saturated heterocycles. The molecule has 0 aliphatic rings. The molecule has 23 heavy (non-hydrogen) atoms. The molecule has 0 bridgehead atoms. The highest BCUT2D eigenvalue weighted by Crippen LogP contribution is 2.18. The third-order valence-electron chi connectivity index (χ3n) is 3.88. The van der Waals surface area contributed by atoms with Crippen LogP contribution in [0.1, 0.15) is 39.7 Å². The molecule has 0 aliphatic heterocycles. The maximum Gasteiger partial charge on any atom is 0.220 e. The number of nitrogens with zero attached hydrogens (tertiary/aromatic N) is 1. The van der Waals surface area contributed by atoms with Gasteiger partial charge >= 0.3 is 0 Å². The predicted octanol–water partition coefficient (Wildman–Crippen LogP) is 3.00. The lowest BCUT2D eigenvalue weighted by Gasteiger charge is -2.30. The summed E-state index contributed by atoms with van der Waals surface area (Å²) in [6, 6.07) is 5.70. The number of ether oxygens (including phenoxy) is 1. The van der Waals surface area contributed by atoms with Crippen LogP contribution in [-0.4, -0.2) is 43.1 Å². The van der Waals surface area contributed by atoms with Crippen molar-refractivity contribution in [2.75, 3.05) is 20.2 Å². The third-order valence-corrected chi connectivity index (χ3v) is 3.88. The van der Waals surface area contributed by atoms with Crippen molar-refractivity contribution in [1.82, 2.24) is 10.2 Å². The van der Waals surface area contributed by atoms with Crippen LogP contribution in [0.15, 0.2) is 18.2 Å². The van der Waals surface area contributed by atoms with Crippen LogP contribution in [0.2, 0.25) is 0 Å². The van der Waals surface area contributed by atoms with Crippen molar-refractivity contribution >= 4 is 5.91 Å². The second-order valence-corrected chi connectivity index (χ2v) is 6.24. The summed E-state index contributed by atoms with van der Waals surface area (Å²) in [6.07, 6.45) is 0.875. The molecule has 5 heteroatoms. The highest BCUT2D eigenvalue weighted by atomic mass is 19.1. The van der Waals surface area contributed by atoms with Gasteiger partial charge in [0.1, 0.15) is 0 Å². The molecule has 0 heterocycles. The summed E-state index contributed by atoms with van der Waals surface area (Å²) in [5, 5.41) is 2.93. The van der Waals surface area contributed by atoms with Gasteiger partial charge in [-0.3, -0.25) is 9.69 Å². The Kier molecular flexibility index (Phi) is 8.03. The molecule has 1 rings (SSSR count). The minimum Gasteiger partial charge on any atom is -0.494 e. The molecule has 1 N–H and O–H groups in total. The zero-order valence-corrected chi connectivity index (χ0v) is 14.9. The molecule has 1 aromatic carbocycles. The Morgan fingerprint density at radius 3 is 2.43 bits per heavy atom. The summed E-state index contributed by atoms with van der Waals surface area (Å²) >= 11 is 0. The first kappa shape index (κ1) is 19.4. The molecule has 130 valence electrons. The third kappa shape index (κ3) is 6.57. The fourth-order valence-electron chi connectivity index (χ4n) is 2.65. The van der Waals surface area contributed by atoms with Gasteiger partial charge in [-0.05, 0) is 51.8 Å². The fourth-order valence-corrected chi connectivity index (χ4v) is 2.65. The van der Waals surface area contributed by atoms with Gasteiger partial charge in [-0.2, -0.15) is 0 Å². The average molecular weight is 324 g/mol. The molecule has 4 nitrogen and oxygen atoms in total. The number of carbonyl (C=O) groups is 1. The lowest BCUT2D eigenvalue weighted by Crippen LogP contribution is -2.42. The van der Waals surface area contributed by atoms with Gasteiger partial charge in [0.05, 0.1) is 7.11 Å². The number of hydrogen-bond donors (Lipinski definition) is 1. The van der Waals surface area contributed by atoms with Crippen molar-refractivity contribution in [2.45, 2.75) is 52.6 Å². The van der Waals surface area contributed by atoms with Crippen LogP contribution in [0.25, 0.3) is 0 Å². The summed E-state index contributed by atoms with van der Waals surface area (Å²) in [6.45, 7) is 10.1. The molecule has 0 radical (unpaired) electrons. The molecule has 0 saturated carbocycles. The van der Waals surface area contributed by atoms with Crippen molar-refractivity contribution in [2.24, 2.45) is 0 Å². The van der Waals surface area contributed by atoms with Crippen molar-refractivity contribution in [3.8, 4) is 5.75 Å². The van der Waals surface area contributed by atoms with Crippen molar-refractivity contribution in [3.63, 3.8) is 0 Å². The Labute approximate surface area is 139 Å². The largest absolute Gasteiger partial charge is 0.494 e. The van der Waals surface area contributed by atoms with E-state index < -0.39 is 5.82 Å². The Bertz CT molecular complexity index is 496. The Morgan fingerprint density at radius 2 is 1.91 bits per heavy atom.